The second kappa shape index (κ2) is 2.21. The van der Waals surface area contributed by atoms with Crippen molar-refractivity contribution in [3.05, 3.63) is 24.3 Å². The van der Waals surface area contributed by atoms with Crippen LogP contribution in [0.25, 0.3) is 0 Å². The Bertz CT molecular complexity index is 228. The van der Waals surface area contributed by atoms with Crippen molar-refractivity contribution in [1.82, 2.24) is 0 Å². The summed E-state index contributed by atoms with van der Waals surface area (Å²) in [6, 6.07) is 0. The third-order valence-electron chi connectivity index (χ3n) is 1.48. The number of fused-ring (bicyclic) bond motifs is 1. The number of hydrogen-bond acceptors (Lipinski definition) is 2. The summed E-state index contributed by atoms with van der Waals surface area (Å²) in [7, 11) is 0. The fourth-order valence-corrected chi connectivity index (χ4v) is 1.01. The van der Waals surface area contributed by atoms with Crippen LogP contribution in [0.2, 0.25) is 0 Å². The Balaban J connectivity index is 2.38. The molecule has 2 nitrogen and oxygen atoms in total. The van der Waals surface area contributed by atoms with E-state index in [0.717, 1.165) is 18.0 Å². The molecule has 0 aromatic rings. The summed E-state index contributed by atoms with van der Waals surface area (Å²) in [5, 5.41) is 0. The summed E-state index contributed by atoms with van der Waals surface area (Å²) < 4.78 is 0. The van der Waals surface area contributed by atoms with Crippen molar-refractivity contribution >= 4 is 11.4 Å². The molecule has 0 atom stereocenters. The summed E-state index contributed by atoms with van der Waals surface area (Å²) in [6.07, 6.45) is 8.94. The molecule has 2 rings (SSSR count). The summed E-state index contributed by atoms with van der Waals surface area (Å²) in [5.74, 6) is 0. The molecule has 0 fully saturated rings. The van der Waals surface area contributed by atoms with Crippen LogP contribution in [0.5, 0.6) is 0 Å². The van der Waals surface area contributed by atoms with E-state index in [1.807, 2.05) is 18.2 Å². The Morgan fingerprint density at radius 2 is 2.30 bits per heavy atom. The van der Waals surface area contributed by atoms with Crippen LogP contribution in [-0.2, 0) is 0 Å². The molecular formula is C8H7N2. The standard InChI is InChI=1S/C8H7N2/c1-3-7-8(9-5-1)4-2-6-10-7/h1,3-4H,5-6H2. The maximum absolute atomic E-state index is 4.23. The lowest BCUT2D eigenvalue weighted by atomic mass is 10.1. The van der Waals surface area contributed by atoms with Gasteiger partial charge in [-0.05, 0) is 18.2 Å². The fraction of sp³-hybridized carbons (Fsp3) is 0.250. The number of rotatable bonds is 0. The topological polar surface area (TPSA) is 24.7 Å². The first-order chi connectivity index (χ1) is 4.97. The van der Waals surface area contributed by atoms with E-state index in [0.29, 0.717) is 6.54 Å². The van der Waals surface area contributed by atoms with Crippen molar-refractivity contribution in [2.45, 2.75) is 0 Å². The summed E-state index contributed by atoms with van der Waals surface area (Å²) >= 11 is 0. The van der Waals surface area contributed by atoms with E-state index in [1.165, 1.54) is 0 Å². The van der Waals surface area contributed by atoms with E-state index in [2.05, 4.69) is 16.1 Å². The predicted octanol–water partition coefficient (Wildman–Crippen LogP) is 0.811. The van der Waals surface area contributed by atoms with Crippen molar-refractivity contribution in [3.8, 4) is 0 Å². The highest BCUT2D eigenvalue weighted by molar-refractivity contribution is 6.51. The maximum Gasteiger partial charge on any atom is 0.0833 e. The fourth-order valence-electron chi connectivity index (χ4n) is 1.01. The third kappa shape index (κ3) is 0.817. The molecule has 0 N–H and O–H groups in total. The van der Waals surface area contributed by atoms with Gasteiger partial charge >= 0.3 is 0 Å². The molecule has 2 aliphatic heterocycles. The van der Waals surface area contributed by atoms with E-state index in [1.54, 1.807) is 0 Å². The Morgan fingerprint density at radius 3 is 3.20 bits per heavy atom. The highest BCUT2D eigenvalue weighted by atomic mass is 14.8. The average molecular weight is 131 g/mol. The van der Waals surface area contributed by atoms with Gasteiger partial charge in [0.05, 0.1) is 24.5 Å². The Kier molecular flexibility index (Phi) is 1.24. The molecule has 0 aromatic carbocycles. The Hall–Kier alpha value is -1.18. The molecule has 0 saturated carbocycles. The van der Waals surface area contributed by atoms with Crippen molar-refractivity contribution in [2.24, 2.45) is 9.98 Å². The Labute approximate surface area is 59.7 Å². The summed E-state index contributed by atoms with van der Waals surface area (Å²) in [6.45, 7) is 1.46. The first-order valence-electron chi connectivity index (χ1n) is 3.29. The maximum atomic E-state index is 4.23. The molecule has 0 unspecified atom stereocenters. The number of aliphatic imine (C=N–C) groups is 2. The Morgan fingerprint density at radius 1 is 1.30 bits per heavy atom. The van der Waals surface area contributed by atoms with Gasteiger partial charge in [0, 0.05) is 0 Å². The normalized spacial score (nSPS) is 21.6. The van der Waals surface area contributed by atoms with Crippen molar-refractivity contribution in [1.29, 1.82) is 0 Å². The quantitative estimate of drug-likeness (QED) is 0.465. The second-order valence-electron chi connectivity index (χ2n) is 2.18. The number of hydrogen-bond donors (Lipinski definition) is 0. The van der Waals surface area contributed by atoms with Crippen LogP contribution in [0.4, 0.5) is 0 Å². The van der Waals surface area contributed by atoms with E-state index in [4.69, 9.17) is 0 Å². The number of dihydropyridines is 2. The molecule has 0 aliphatic carbocycles. The van der Waals surface area contributed by atoms with E-state index >= 15 is 0 Å². The summed E-state index contributed by atoms with van der Waals surface area (Å²) in [5.41, 5.74) is 1.98. The van der Waals surface area contributed by atoms with Gasteiger partial charge in [0.25, 0.3) is 0 Å². The van der Waals surface area contributed by atoms with Gasteiger partial charge in [-0.25, -0.2) is 0 Å². The van der Waals surface area contributed by atoms with E-state index in [9.17, 15) is 0 Å². The minimum atomic E-state index is 0.679. The highest BCUT2D eigenvalue weighted by Crippen LogP contribution is 2.01. The van der Waals surface area contributed by atoms with Crippen LogP contribution < -0.4 is 0 Å². The van der Waals surface area contributed by atoms with Gasteiger partial charge in [-0.2, -0.15) is 0 Å². The zero-order valence-electron chi connectivity index (χ0n) is 5.54. The molecular weight excluding hydrogens is 124 g/mol. The molecule has 1 radical (unpaired) electrons. The highest BCUT2D eigenvalue weighted by Gasteiger charge is 2.07. The first-order valence-corrected chi connectivity index (χ1v) is 3.29. The van der Waals surface area contributed by atoms with Gasteiger partial charge in [0.15, 0.2) is 0 Å². The van der Waals surface area contributed by atoms with Gasteiger partial charge < -0.3 is 0 Å². The van der Waals surface area contributed by atoms with Crippen molar-refractivity contribution < 1.29 is 0 Å². The predicted molar refractivity (Wildman–Crippen MR) is 41.6 cm³/mol. The second-order valence-corrected chi connectivity index (χ2v) is 2.18. The summed E-state index contributed by atoms with van der Waals surface area (Å²) in [4.78, 5) is 8.44. The molecule has 0 amide bonds. The van der Waals surface area contributed by atoms with Crippen molar-refractivity contribution in [2.75, 3.05) is 13.1 Å². The van der Waals surface area contributed by atoms with Gasteiger partial charge in [-0.15, -0.1) is 0 Å². The molecule has 2 heterocycles. The average Bonchev–Trinajstić information content (AvgIpc) is 2.05. The third-order valence-corrected chi connectivity index (χ3v) is 1.48. The monoisotopic (exact) mass is 131 g/mol. The van der Waals surface area contributed by atoms with Gasteiger partial charge in [0.1, 0.15) is 0 Å². The smallest absolute Gasteiger partial charge is 0.0833 e. The first kappa shape index (κ1) is 5.59. The van der Waals surface area contributed by atoms with Gasteiger partial charge in [-0.3, -0.25) is 9.98 Å². The molecule has 10 heavy (non-hydrogen) atoms. The number of allylic oxidation sites excluding steroid dienone is 2. The largest absolute Gasteiger partial charge is 0.279 e. The van der Waals surface area contributed by atoms with Crippen LogP contribution in [0, 0.1) is 6.08 Å². The minimum absolute atomic E-state index is 0.679. The van der Waals surface area contributed by atoms with Crippen LogP contribution in [-0.4, -0.2) is 24.5 Å². The van der Waals surface area contributed by atoms with E-state index in [-0.39, 0.29) is 0 Å². The zero-order valence-corrected chi connectivity index (χ0v) is 5.54. The SMILES string of the molecule is [C]1=CC2=NCC=CC2=NC1. The minimum Gasteiger partial charge on any atom is -0.279 e. The lowest BCUT2D eigenvalue weighted by Crippen LogP contribution is -2.16. The van der Waals surface area contributed by atoms with Gasteiger partial charge in [0.2, 0.25) is 0 Å². The van der Waals surface area contributed by atoms with Crippen molar-refractivity contribution in [3.63, 3.8) is 0 Å². The van der Waals surface area contributed by atoms with Crippen LogP contribution in [0.1, 0.15) is 0 Å². The number of nitrogens with zero attached hydrogens (tertiary/aromatic N) is 2. The molecule has 0 spiro atoms. The molecule has 0 aromatic heterocycles. The zero-order chi connectivity index (χ0) is 6.81. The van der Waals surface area contributed by atoms with E-state index < -0.39 is 0 Å². The lowest BCUT2D eigenvalue weighted by Gasteiger charge is -2.08. The molecule has 0 bridgehead atoms. The van der Waals surface area contributed by atoms with Gasteiger partial charge in [-0.1, -0.05) is 6.08 Å². The van der Waals surface area contributed by atoms with Crippen LogP contribution in [0.15, 0.2) is 28.2 Å². The lowest BCUT2D eigenvalue weighted by molar-refractivity contribution is 1.18. The molecule has 2 heteroatoms. The molecule has 2 aliphatic rings. The molecule has 0 saturated heterocycles. The van der Waals surface area contributed by atoms with Crippen LogP contribution in [0.3, 0.4) is 0 Å². The molecule has 49 valence electrons. The van der Waals surface area contributed by atoms with Crippen LogP contribution >= 0.6 is 0 Å².